The van der Waals surface area contributed by atoms with Gasteiger partial charge in [-0.25, -0.2) is 9.78 Å². The number of anilines is 1. The number of piperidine rings is 1. The van der Waals surface area contributed by atoms with Crippen LogP contribution in [0.5, 0.6) is 0 Å². The molecule has 2 heterocycles. The molecule has 0 bridgehead atoms. The monoisotopic (exact) mass is 451 g/mol. The summed E-state index contributed by atoms with van der Waals surface area (Å²) in [6.07, 6.45) is 5.06. The van der Waals surface area contributed by atoms with Gasteiger partial charge in [0.2, 0.25) is 5.91 Å². The van der Waals surface area contributed by atoms with Gasteiger partial charge in [-0.3, -0.25) is 4.79 Å². The van der Waals surface area contributed by atoms with Crippen molar-refractivity contribution >= 4 is 29.2 Å². The van der Waals surface area contributed by atoms with E-state index in [9.17, 15) is 9.59 Å². The third-order valence-corrected chi connectivity index (χ3v) is 5.96. The highest BCUT2D eigenvalue weighted by Gasteiger charge is 2.31. The highest BCUT2D eigenvalue weighted by atomic mass is 35.5. The summed E-state index contributed by atoms with van der Waals surface area (Å²) in [7, 11) is 1.90. The second-order valence-electron chi connectivity index (χ2n) is 7.97. The molecule has 0 radical (unpaired) electrons. The number of nitrogens with zero attached hydrogens (tertiary/aromatic N) is 3. The maximum absolute atomic E-state index is 13.2. The predicted molar refractivity (Wildman–Crippen MR) is 124 cm³/mol. The standard InChI is InChI=1S/C24H26ClN5O2/c1-29-15-13-26-22(29)21(17-9-11-19(25)12-10-17)28-23(31)18-6-5-14-30(16-18)24(32)27-20-7-3-2-4-8-20/h2-4,7-13,15,18,21H,5-6,14,16H2,1H3,(H,27,32)(H,28,31). The van der Waals surface area contributed by atoms with Crippen molar-refractivity contribution in [1.82, 2.24) is 19.8 Å². The molecule has 0 aliphatic carbocycles. The fourth-order valence-electron chi connectivity index (χ4n) is 3.97. The molecular formula is C24H26ClN5O2. The largest absolute Gasteiger partial charge is 0.342 e. The Balaban J connectivity index is 1.46. The molecule has 0 spiro atoms. The van der Waals surface area contributed by atoms with Gasteiger partial charge < -0.3 is 20.1 Å². The molecule has 2 aromatic carbocycles. The van der Waals surface area contributed by atoms with Crippen LogP contribution < -0.4 is 10.6 Å². The Bertz CT molecular complexity index is 1070. The van der Waals surface area contributed by atoms with Crippen LogP contribution in [0.2, 0.25) is 5.02 Å². The van der Waals surface area contributed by atoms with Gasteiger partial charge in [-0.2, -0.15) is 0 Å². The number of likely N-dealkylation sites (tertiary alicyclic amines) is 1. The zero-order chi connectivity index (χ0) is 22.5. The van der Waals surface area contributed by atoms with Crippen LogP contribution in [0.15, 0.2) is 67.0 Å². The number of rotatable bonds is 5. The minimum Gasteiger partial charge on any atom is -0.342 e. The van der Waals surface area contributed by atoms with Gasteiger partial charge in [0.25, 0.3) is 0 Å². The van der Waals surface area contributed by atoms with E-state index in [-0.39, 0.29) is 17.9 Å². The third-order valence-electron chi connectivity index (χ3n) is 5.71. The summed E-state index contributed by atoms with van der Waals surface area (Å²) in [6, 6.07) is 16.1. The molecule has 7 nitrogen and oxygen atoms in total. The van der Waals surface area contributed by atoms with Crippen LogP contribution in [-0.2, 0) is 11.8 Å². The van der Waals surface area contributed by atoms with E-state index in [1.165, 1.54) is 0 Å². The average Bonchev–Trinajstić information content (AvgIpc) is 3.24. The lowest BCUT2D eigenvalue weighted by Crippen LogP contribution is -2.47. The number of urea groups is 1. The summed E-state index contributed by atoms with van der Waals surface area (Å²) < 4.78 is 1.89. The Hall–Kier alpha value is -3.32. The van der Waals surface area contributed by atoms with E-state index in [1.54, 1.807) is 23.2 Å². The molecule has 1 saturated heterocycles. The summed E-state index contributed by atoms with van der Waals surface area (Å²) in [4.78, 5) is 32.1. The minimum absolute atomic E-state index is 0.0924. The first-order chi connectivity index (χ1) is 15.5. The second kappa shape index (κ2) is 9.87. The average molecular weight is 452 g/mol. The zero-order valence-electron chi connectivity index (χ0n) is 17.9. The highest BCUT2D eigenvalue weighted by Crippen LogP contribution is 2.25. The Kier molecular flexibility index (Phi) is 6.75. The number of amides is 3. The molecule has 2 N–H and O–H groups in total. The van der Waals surface area contributed by atoms with Crippen molar-refractivity contribution in [3.63, 3.8) is 0 Å². The van der Waals surface area contributed by atoms with Crippen LogP contribution in [0.3, 0.4) is 0 Å². The van der Waals surface area contributed by atoms with Gasteiger partial charge in [0.15, 0.2) is 0 Å². The molecule has 2 atom stereocenters. The number of aromatic nitrogens is 2. The first-order valence-electron chi connectivity index (χ1n) is 10.7. The van der Waals surface area contributed by atoms with Gasteiger partial charge in [-0.1, -0.05) is 41.9 Å². The number of hydrogen-bond acceptors (Lipinski definition) is 3. The topological polar surface area (TPSA) is 79.3 Å². The molecule has 1 fully saturated rings. The smallest absolute Gasteiger partial charge is 0.321 e. The fourth-order valence-corrected chi connectivity index (χ4v) is 4.09. The highest BCUT2D eigenvalue weighted by molar-refractivity contribution is 6.30. The molecule has 32 heavy (non-hydrogen) atoms. The fraction of sp³-hybridized carbons (Fsp3) is 0.292. The second-order valence-corrected chi connectivity index (χ2v) is 8.41. The van der Waals surface area contributed by atoms with Gasteiger partial charge in [0.05, 0.1) is 5.92 Å². The van der Waals surface area contributed by atoms with E-state index in [4.69, 9.17) is 11.6 Å². The maximum atomic E-state index is 13.2. The number of benzene rings is 2. The van der Waals surface area contributed by atoms with Gasteiger partial charge >= 0.3 is 6.03 Å². The van der Waals surface area contributed by atoms with Gasteiger partial charge in [0, 0.05) is 43.2 Å². The van der Waals surface area contributed by atoms with Crippen LogP contribution >= 0.6 is 11.6 Å². The van der Waals surface area contributed by atoms with Crippen LogP contribution in [0.1, 0.15) is 30.3 Å². The summed E-state index contributed by atoms with van der Waals surface area (Å²) in [5.74, 6) is 0.348. The van der Waals surface area contributed by atoms with Gasteiger partial charge in [0.1, 0.15) is 11.9 Å². The molecule has 0 saturated carbocycles. The van der Waals surface area contributed by atoms with Crippen molar-refractivity contribution in [2.75, 3.05) is 18.4 Å². The Labute approximate surface area is 192 Å². The summed E-state index contributed by atoms with van der Waals surface area (Å²) in [5.41, 5.74) is 1.63. The van der Waals surface area contributed by atoms with Gasteiger partial charge in [-0.05, 0) is 42.7 Å². The molecule has 3 amide bonds. The Morgan fingerprint density at radius 1 is 1.12 bits per heavy atom. The maximum Gasteiger partial charge on any atom is 0.321 e. The molecule has 1 aliphatic heterocycles. The Morgan fingerprint density at radius 3 is 2.56 bits per heavy atom. The van der Waals surface area contributed by atoms with Crippen molar-refractivity contribution in [2.24, 2.45) is 13.0 Å². The molecule has 8 heteroatoms. The van der Waals surface area contributed by atoms with Crippen molar-refractivity contribution in [3.8, 4) is 0 Å². The number of hydrogen-bond donors (Lipinski definition) is 2. The lowest BCUT2D eigenvalue weighted by molar-refractivity contribution is -0.126. The van der Waals surface area contributed by atoms with E-state index in [0.29, 0.717) is 18.1 Å². The van der Waals surface area contributed by atoms with Crippen molar-refractivity contribution < 1.29 is 9.59 Å². The summed E-state index contributed by atoms with van der Waals surface area (Å²) in [6.45, 7) is 1.00. The lowest BCUT2D eigenvalue weighted by Gasteiger charge is -2.33. The van der Waals surface area contributed by atoms with Crippen LogP contribution in [0.4, 0.5) is 10.5 Å². The van der Waals surface area contributed by atoms with Crippen LogP contribution in [0, 0.1) is 5.92 Å². The molecule has 166 valence electrons. The molecule has 1 aliphatic rings. The molecule has 4 rings (SSSR count). The van der Waals surface area contributed by atoms with Crippen molar-refractivity contribution in [3.05, 3.63) is 83.4 Å². The van der Waals surface area contributed by atoms with E-state index in [2.05, 4.69) is 15.6 Å². The minimum atomic E-state index is -0.409. The zero-order valence-corrected chi connectivity index (χ0v) is 18.6. The number of halogens is 1. The molecular weight excluding hydrogens is 426 g/mol. The van der Waals surface area contributed by atoms with Crippen LogP contribution in [0.25, 0.3) is 0 Å². The molecule has 3 aromatic rings. The van der Waals surface area contributed by atoms with E-state index >= 15 is 0 Å². The number of carbonyl (C=O) groups excluding carboxylic acids is 2. The number of para-hydroxylation sites is 1. The number of nitrogens with one attached hydrogen (secondary N) is 2. The van der Waals surface area contributed by atoms with E-state index < -0.39 is 6.04 Å². The quantitative estimate of drug-likeness (QED) is 0.609. The number of aryl methyl sites for hydroxylation is 1. The molecule has 2 unspecified atom stereocenters. The van der Waals surface area contributed by atoms with E-state index in [0.717, 1.165) is 29.9 Å². The first-order valence-corrected chi connectivity index (χ1v) is 11.0. The lowest BCUT2D eigenvalue weighted by atomic mass is 9.96. The third kappa shape index (κ3) is 5.11. The first kappa shape index (κ1) is 21.9. The van der Waals surface area contributed by atoms with Crippen LogP contribution in [-0.4, -0.2) is 39.5 Å². The van der Waals surface area contributed by atoms with Crippen molar-refractivity contribution in [1.29, 1.82) is 0 Å². The number of carbonyl (C=O) groups is 2. The van der Waals surface area contributed by atoms with Crippen molar-refractivity contribution in [2.45, 2.75) is 18.9 Å². The van der Waals surface area contributed by atoms with Gasteiger partial charge in [-0.15, -0.1) is 0 Å². The van der Waals surface area contributed by atoms with E-state index in [1.807, 2.05) is 60.3 Å². The summed E-state index contributed by atoms with van der Waals surface area (Å²) in [5, 5.41) is 6.68. The SMILES string of the molecule is Cn1ccnc1C(NC(=O)C1CCCN(C(=O)Nc2ccccc2)C1)c1ccc(Cl)cc1. The summed E-state index contributed by atoms with van der Waals surface area (Å²) >= 11 is 6.05. The Morgan fingerprint density at radius 2 is 1.88 bits per heavy atom. The number of imidazole rings is 1. The normalized spacial score (nSPS) is 16.9. The predicted octanol–water partition coefficient (Wildman–Crippen LogP) is 4.22. The molecule has 1 aromatic heterocycles.